The Labute approximate surface area is 118 Å². The molecule has 0 amide bonds. The molecule has 2 unspecified atom stereocenters. The Morgan fingerprint density at radius 1 is 1.26 bits per heavy atom. The van der Waals surface area contributed by atoms with Crippen LogP contribution in [0, 0.1) is 12.8 Å². The summed E-state index contributed by atoms with van der Waals surface area (Å²) in [6, 6.07) is 0. The van der Waals surface area contributed by atoms with Crippen molar-refractivity contribution >= 4 is 17.4 Å². The third-order valence-electron chi connectivity index (χ3n) is 4.12. The molecule has 1 heterocycles. The van der Waals surface area contributed by atoms with E-state index in [4.69, 9.17) is 11.6 Å². The van der Waals surface area contributed by atoms with Crippen molar-refractivity contribution in [2.75, 3.05) is 11.9 Å². The van der Waals surface area contributed by atoms with Crippen molar-refractivity contribution < 1.29 is 5.11 Å². The van der Waals surface area contributed by atoms with E-state index in [0.29, 0.717) is 17.0 Å². The predicted octanol–water partition coefficient (Wildman–Crippen LogP) is 2.89. The summed E-state index contributed by atoms with van der Waals surface area (Å²) in [6.45, 7) is 2.81. The van der Waals surface area contributed by atoms with E-state index in [9.17, 15) is 5.11 Å². The molecule has 2 aliphatic rings. The summed E-state index contributed by atoms with van der Waals surface area (Å²) in [5.41, 5.74) is 0.921. The van der Waals surface area contributed by atoms with Crippen LogP contribution in [0.15, 0.2) is 0 Å². The van der Waals surface area contributed by atoms with Crippen molar-refractivity contribution in [3.05, 3.63) is 16.5 Å². The highest BCUT2D eigenvalue weighted by Gasteiger charge is 2.28. The zero-order valence-corrected chi connectivity index (χ0v) is 12.0. The zero-order chi connectivity index (χ0) is 13.4. The van der Waals surface area contributed by atoms with Gasteiger partial charge in [-0.2, -0.15) is 0 Å². The molecule has 5 heteroatoms. The lowest BCUT2D eigenvalue weighted by atomic mass is 10.1. The molecule has 19 heavy (non-hydrogen) atoms. The Morgan fingerprint density at radius 3 is 2.68 bits per heavy atom. The van der Waals surface area contributed by atoms with Gasteiger partial charge in [-0.1, -0.05) is 11.6 Å². The molecule has 2 fully saturated rings. The number of aliphatic hydroxyl groups is 1. The summed E-state index contributed by atoms with van der Waals surface area (Å²) in [7, 11) is 0. The second-order valence-electron chi connectivity index (χ2n) is 5.83. The number of rotatable bonds is 4. The van der Waals surface area contributed by atoms with Crippen LogP contribution in [-0.2, 0) is 0 Å². The van der Waals surface area contributed by atoms with Crippen molar-refractivity contribution in [1.29, 1.82) is 0 Å². The molecular formula is C14H20ClN3O. The summed E-state index contributed by atoms with van der Waals surface area (Å²) in [5, 5.41) is 13.5. The molecule has 0 spiro atoms. The molecule has 2 N–H and O–H groups in total. The average Bonchev–Trinajstić information content (AvgIpc) is 3.15. The van der Waals surface area contributed by atoms with E-state index < -0.39 is 0 Å². The van der Waals surface area contributed by atoms with Gasteiger partial charge >= 0.3 is 0 Å². The summed E-state index contributed by atoms with van der Waals surface area (Å²) in [6.07, 6.45) is 5.12. The Morgan fingerprint density at radius 2 is 2.05 bits per heavy atom. The number of halogens is 1. The van der Waals surface area contributed by atoms with Gasteiger partial charge in [-0.05, 0) is 44.9 Å². The van der Waals surface area contributed by atoms with E-state index in [1.54, 1.807) is 0 Å². The molecule has 0 aromatic carbocycles. The van der Waals surface area contributed by atoms with Gasteiger partial charge in [0.1, 0.15) is 16.8 Å². The van der Waals surface area contributed by atoms with E-state index >= 15 is 0 Å². The number of hydrogen-bond acceptors (Lipinski definition) is 4. The monoisotopic (exact) mass is 281 g/mol. The molecule has 3 rings (SSSR count). The Balaban J connectivity index is 1.69. The number of nitrogens with one attached hydrogen (secondary N) is 1. The van der Waals surface area contributed by atoms with Crippen LogP contribution in [0.5, 0.6) is 0 Å². The fourth-order valence-electron chi connectivity index (χ4n) is 2.68. The minimum Gasteiger partial charge on any atom is -0.393 e. The van der Waals surface area contributed by atoms with Gasteiger partial charge < -0.3 is 10.4 Å². The summed E-state index contributed by atoms with van der Waals surface area (Å²) < 4.78 is 0. The molecule has 0 bridgehead atoms. The van der Waals surface area contributed by atoms with E-state index in [-0.39, 0.29) is 6.10 Å². The van der Waals surface area contributed by atoms with Crippen molar-refractivity contribution in [3.63, 3.8) is 0 Å². The van der Waals surface area contributed by atoms with Crippen molar-refractivity contribution in [3.8, 4) is 0 Å². The second kappa shape index (κ2) is 5.25. The topological polar surface area (TPSA) is 58.0 Å². The predicted molar refractivity (Wildman–Crippen MR) is 75.6 cm³/mol. The third-order valence-corrected chi connectivity index (χ3v) is 4.49. The molecule has 104 valence electrons. The molecular weight excluding hydrogens is 262 g/mol. The van der Waals surface area contributed by atoms with E-state index in [0.717, 1.165) is 43.0 Å². The minimum atomic E-state index is -0.121. The highest BCUT2D eigenvalue weighted by atomic mass is 35.5. The second-order valence-corrected chi connectivity index (χ2v) is 6.19. The fraction of sp³-hybridized carbons (Fsp3) is 0.714. The van der Waals surface area contributed by atoms with Gasteiger partial charge in [0, 0.05) is 18.0 Å². The van der Waals surface area contributed by atoms with Crippen LogP contribution >= 0.6 is 11.6 Å². The zero-order valence-electron chi connectivity index (χ0n) is 11.2. The Bertz CT molecular complexity index is 476. The minimum absolute atomic E-state index is 0.121. The average molecular weight is 282 g/mol. The highest BCUT2D eigenvalue weighted by molar-refractivity contribution is 6.30. The van der Waals surface area contributed by atoms with Crippen LogP contribution in [0.4, 0.5) is 5.82 Å². The SMILES string of the molecule is Cc1c(Cl)nc(C2CC2)nc1NCC1CCC(O)C1. The van der Waals surface area contributed by atoms with Crippen LogP contribution in [0.2, 0.25) is 5.15 Å². The lowest BCUT2D eigenvalue weighted by molar-refractivity contribution is 0.178. The Kier molecular flexibility index (Phi) is 3.63. The maximum absolute atomic E-state index is 9.55. The molecule has 2 atom stereocenters. The van der Waals surface area contributed by atoms with Gasteiger partial charge in [0.05, 0.1) is 6.10 Å². The van der Waals surface area contributed by atoms with Gasteiger partial charge in [-0.15, -0.1) is 0 Å². The van der Waals surface area contributed by atoms with Gasteiger partial charge in [0.2, 0.25) is 0 Å². The first-order chi connectivity index (χ1) is 9.13. The highest BCUT2D eigenvalue weighted by Crippen LogP contribution is 2.39. The van der Waals surface area contributed by atoms with E-state index in [1.807, 2.05) is 6.92 Å². The molecule has 1 aromatic heterocycles. The molecule has 4 nitrogen and oxygen atoms in total. The van der Waals surface area contributed by atoms with Gasteiger partial charge in [0.25, 0.3) is 0 Å². The lowest BCUT2D eigenvalue weighted by Crippen LogP contribution is -2.15. The first-order valence-electron chi connectivity index (χ1n) is 7.09. The number of aromatic nitrogens is 2. The molecule has 0 radical (unpaired) electrons. The Hall–Kier alpha value is -0.870. The molecule has 2 aliphatic carbocycles. The summed E-state index contributed by atoms with van der Waals surface area (Å²) in [5.74, 6) is 2.78. The standard InChI is InChI=1S/C14H20ClN3O/c1-8-12(15)17-14(10-3-4-10)18-13(8)16-7-9-2-5-11(19)6-9/h9-11,19H,2-7H2,1H3,(H,16,17,18). The van der Waals surface area contributed by atoms with Crippen LogP contribution in [0.3, 0.4) is 0 Å². The summed E-state index contributed by atoms with van der Waals surface area (Å²) in [4.78, 5) is 8.97. The number of nitrogens with zero attached hydrogens (tertiary/aromatic N) is 2. The fourth-order valence-corrected chi connectivity index (χ4v) is 2.85. The molecule has 0 saturated heterocycles. The van der Waals surface area contributed by atoms with Crippen LogP contribution in [0.25, 0.3) is 0 Å². The number of anilines is 1. The smallest absolute Gasteiger partial charge is 0.137 e. The van der Waals surface area contributed by atoms with Crippen molar-refractivity contribution in [1.82, 2.24) is 9.97 Å². The third kappa shape index (κ3) is 3.00. The summed E-state index contributed by atoms with van der Waals surface area (Å²) >= 11 is 6.18. The first-order valence-corrected chi connectivity index (χ1v) is 7.47. The van der Waals surface area contributed by atoms with Crippen molar-refractivity contribution in [2.45, 2.75) is 51.0 Å². The van der Waals surface area contributed by atoms with Crippen LogP contribution in [0.1, 0.15) is 49.4 Å². The first kappa shape index (κ1) is 13.1. The van der Waals surface area contributed by atoms with Gasteiger partial charge in [-0.3, -0.25) is 0 Å². The normalized spacial score (nSPS) is 26.7. The number of aliphatic hydroxyl groups excluding tert-OH is 1. The maximum atomic E-state index is 9.55. The molecule has 2 saturated carbocycles. The quantitative estimate of drug-likeness (QED) is 0.833. The van der Waals surface area contributed by atoms with Gasteiger partial charge in [0.15, 0.2) is 0 Å². The van der Waals surface area contributed by atoms with Crippen molar-refractivity contribution in [2.24, 2.45) is 5.92 Å². The number of hydrogen-bond donors (Lipinski definition) is 2. The van der Waals surface area contributed by atoms with Crippen LogP contribution in [-0.4, -0.2) is 27.7 Å². The molecule has 0 aliphatic heterocycles. The van der Waals surface area contributed by atoms with E-state index in [1.165, 1.54) is 12.8 Å². The van der Waals surface area contributed by atoms with Gasteiger partial charge in [-0.25, -0.2) is 9.97 Å². The lowest BCUT2D eigenvalue weighted by Gasteiger charge is -2.14. The maximum Gasteiger partial charge on any atom is 0.137 e. The molecule has 1 aromatic rings. The largest absolute Gasteiger partial charge is 0.393 e. The van der Waals surface area contributed by atoms with Crippen LogP contribution < -0.4 is 5.32 Å². The van der Waals surface area contributed by atoms with E-state index in [2.05, 4.69) is 15.3 Å².